The molecule has 4 aliphatic rings. The van der Waals surface area contributed by atoms with Crippen molar-refractivity contribution in [2.75, 3.05) is 32.8 Å². The Morgan fingerprint density at radius 1 is 0.947 bits per heavy atom. The Morgan fingerprint density at radius 2 is 1.71 bits per heavy atom. The number of thiophene rings is 1. The van der Waals surface area contributed by atoms with Crippen LogP contribution in [0.15, 0.2) is 72.8 Å². The molecule has 22 heteroatoms. The van der Waals surface area contributed by atoms with Crippen molar-refractivity contribution in [2.24, 2.45) is 5.41 Å². The molecule has 8 amide bonds. The monoisotopic (exact) mass is 1070 g/mol. The number of rotatable bonds is 15. The highest BCUT2D eigenvalue weighted by atomic mass is 32.1. The summed E-state index contributed by atoms with van der Waals surface area (Å²) in [4.78, 5) is 130. The Morgan fingerprint density at radius 3 is 2.43 bits per heavy atom. The first-order valence-corrected chi connectivity index (χ1v) is 27.1. The van der Waals surface area contributed by atoms with Crippen molar-refractivity contribution in [3.8, 4) is 11.8 Å². The third kappa shape index (κ3) is 11.9. The molecule has 3 aromatic carbocycles. The minimum Gasteiger partial charge on any atom is -0.366 e. The van der Waals surface area contributed by atoms with Gasteiger partial charge in [0.2, 0.25) is 29.5 Å². The summed E-state index contributed by atoms with van der Waals surface area (Å²) < 4.78 is 47.2. The van der Waals surface area contributed by atoms with Crippen LogP contribution in [0.4, 0.5) is 8.78 Å². The molecule has 18 nitrogen and oxygen atoms in total. The fourth-order valence-corrected chi connectivity index (χ4v) is 11.3. The third-order valence-electron chi connectivity index (χ3n) is 13.9. The largest absolute Gasteiger partial charge is 0.399 e. The van der Waals surface area contributed by atoms with E-state index in [-0.39, 0.29) is 72.2 Å². The van der Waals surface area contributed by atoms with Crippen molar-refractivity contribution in [3.05, 3.63) is 105 Å². The van der Waals surface area contributed by atoms with E-state index in [1.54, 1.807) is 37.8 Å². The maximum absolute atomic E-state index is 14.8. The van der Waals surface area contributed by atoms with Gasteiger partial charge in [-0.3, -0.25) is 53.1 Å². The Kier molecular flexibility index (Phi) is 16.2. The first kappa shape index (κ1) is 54.6. The number of carbonyl (C=O) groups excluding carboxylic acids is 8. The minimum absolute atomic E-state index is 0.00159. The average Bonchev–Trinajstić information content (AvgIpc) is 4.09. The van der Waals surface area contributed by atoms with Crippen LogP contribution < -0.4 is 16.0 Å². The van der Waals surface area contributed by atoms with E-state index in [2.05, 4.69) is 27.8 Å². The molecular formula is C53H57F2N6O12PS. The molecule has 2 unspecified atom stereocenters. The van der Waals surface area contributed by atoms with Crippen LogP contribution in [0.25, 0.3) is 10.1 Å². The number of fused-ring (bicyclic) bond motifs is 2. The average molecular weight is 1070 g/mol. The third-order valence-corrected chi connectivity index (χ3v) is 16.0. The number of unbranched alkanes of at least 4 members (excludes halogenated alkanes) is 2. The first-order valence-electron chi connectivity index (χ1n) is 24.7. The topological polar surface area (TPSA) is 249 Å². The molecule has 8 rings (SSSR count). The number of amides is 8. The lowest BCUT2D eigenvalue weighted by atomic mass is 9.85. The zero-order valence-electron chi connectivity index (χ0n) is 41.4. The van der Waals surface area contributed by atoms with E-state index in [1.807, 2.05) is 30.3 Å². The summed E-state index contributed by atoms with van der Waals surface area (Å²) in [6.45, 7) is 5.95. The SMILES string of the molecule is CC(C)(C)[C@H](NC(=O)c1cc2cc(C(F)(F)P(=O)(O)O)ccc2s1)C(=O)N1C[C@@H](OCC(=O)NCCCCC#Cc2cccc3c2C(=O)N(C2CCC(=O)NC2=O)C3=O)C[C@H]1C(=O)N1CCCC(c2ccccc2)C1. The van der Waals surface area contributed by atoms with Crippen LogP contribution in [0.2, 0.25) is 0 Å². The zero-order valence-corrected chi connectivity index (χ0v) is 43.1. The fourth-order valence-electron chi connectivity index (χ4n) is 9.90. The minimum atomic E-state index is -5.86. The smallest absolute Gasteiger partial charge is 0.366 e. The fraction of sp³-hybridized carbons (Fsp3) is 0.434. The summed E-state index contributed by atoms with van der Waals surface area (Å²) in [6, 6.07) is 15.6. The quantitative estimate of drug-likeness (QED) is 0.0435. The van der Waals surface area contributed by atoms with Crippen molar-refractivity contribution in [1.82, 2.24) is 30.7 Å². The summed E-state index contributed by atoms with van der Waals surface area (Å²) >= 11 is 0.940. The number of nitrogens with one attached hydrogen (secondary N) is 3. The van der Waals surface area contributed by atoms with Gasteiger partial charge in [-0.1, -0.05) is 75.1 Å². The Hall–Kier alpha value is -6.69. The number of ether oxygens (including phenoxy) is 1. The molecule has 0 radical (unpaired) electrons. The number of likely N-dealkylation sites (tertiary alicyclic amines) is 2. The van der Waals surface area contributed by atoms with Gasteiger partial charge in [0.25, 0.3) is 17.7 Å². The van der Waals surface area contributed by atoms with Crippen molar-refractivity contribution in [3.63, 3.8) is 0 Å². The second-order valence-electron chi connectivity index (χ2n) is 20.2. The highest BCUT2D eigenvalue weighted by molar-refractivity contribution is 7.52. The van der Waals surface area contributed by atoms with E-state index in [4.69, 9.17) is 4.74 Å². The van der Waals surface area contributed by atoms with Gasteiger partial charge in [-0.2, -0.15) is 8.78 Å². The maximum atomic E-state index is 14.8. The Labute approximate surface area is 435 Å². The number of benzene rings is 3. The number of hydrogen-bond acceptors (Lipinski definition) is 11. The second kappa shape index (κ2) is 22.3. The van der Waals surface area contributed by atoms with E-state index in [1.165, 1.54) is 23.1 Å². The highest BCUT2D eigenvalue weighted by Gasteiger charge is 2.51. The standard InChI is InChI=1S/C53H57F2N6O12PS/c1-52(2,3)45(58-47(65)41-26-34-25-35(19-21-40(34)75-41)53(54,55)74(70,71)72)51(69)60-29-36(27-39(60)49(67)59-24-12-17-33(28-59)31-13-8-6-9-14-31)73-30-43(63)56-23-10-5-4-7-15-32-16-11-18-37-44(32)50(68)61(48(37)66)38-20-22-42(62)57-46(38)64/h6,8-9,11,13-14,16,18-19,21,25-26,33,36,38-39,45H,4-5,10,12,17,20,22-24,27-30H2,1-3H3,(H,56,63)(H,58,65)(H,57,62,64)(H2,70,71,72)/t33?,36-,38?,39-,45+/m0/s1. The molecule has 0 saturated carbocycles. The Bertz CT molecular complexity index is 3060. The van der Waals surface area contributed by atoms with Crippen LogP contribution >= 0.6 is 18.9 Å². The van der Waals surface area contributed by atoms with Crippen LogP contribution in [0, 0.1) is 17.3 Å². The number of alkyl halides is 2. The number of nitrogens with zero attached hydrogens (tertiary/aromatic N) is 3. The number of piperidine rings is 2. The zero-order chi connectivity index (χ0) is 54.0. The van der Waals surface area contributed by atoms with Gasteiger partial charge in [0.05, 0.1) is 22.1 Å². The van der Waals surface area contributed by atoms with Crippen LogP contribution in [-0.2, 0) is 38.9 Å². The number of hydrogen-bond donors (Lipinski definition) is 5. The molecule has 3 saturated heterocycles. The number of carbonyl (C=O) groups is 8. The van der Waals surface area contributed by atoms with Crippen LogP contribution in [-0.4, -0.2) is 129 Å². The number of halogens is 2. The predicted molar refractivity (Wildman–Crippen MR) is 270 cm³/mol. The summed E-state index contributed by atoms with van der Waals surface area (Å²) in [5.41, 5.74) is -4.65. The molecule has 396 valence electrons. The van der Waals surface area contributed by atoms with Gasteiger partial charge in [0.1, 0.15) is 24.7 Å². The van der Waals surface area contributed by atoms with Crippen LogP contribution in [0.1, 0.15) is 125 Å². The molecule has 3 fully saturated rings. The summed E-state index contributed by atoms with van der Waals surface area (Å²) in [6.07, 6.45) is 2.46. The van der Waals surface area contributed by atoms with Crippen molar-refractivity contribution >= 4 is 76.3 Å². The molecular weight excluding hydrogens is 1010 g/mol. The molecule has 0 aliphatic carbocycles. The van der Waals surface area contributed by atoms with E-state index < -0.39 is 89.8 Å². The summed E-state index contributed by atoms with van der Waals surface area (Å²) in [7, 11) is -5.86. The normalized spacial score (nSPS) is 20.6. The highest BCUT2D eigenvalue weighted by Crippen LogP contribution is 2.59. The molecule has 0 spiro atoms. The Balaban J connectivity index is 0.891. The van der Waals surface area contributed by atoms with Crippen molar-refractivity contribution in [2.45, 2.75) is 108 Å². The maximum Gasteiger partial charge on any atom is 0.399 e. The van der Waals surface area contributed by atoms with Gasteiger partial charge >= 0.3 is 13.3 Å². The van der Waals surface area contributed by atoms with Gasteiger partial charge in [0.15, 0.2) is 0 Å². The molecule has 4 aromatic rings. The van der Waals surface area contributed by atoms with E-state index >= 15 is 0 Å². The van der Waals surface area contributed by atoms with Crippen molar-refractivity contribution in [1.29, 1.82) is 0 Å². The lowest BCUT2D eigenvalue weighted by molar-refractivity contribution is -0.147. The van der Waals surface area contributed by atoms with Crippen molar-refractivity contribution < 1.29 is 66.2 Å². The molecule has 5 N–H and O–H groups in total. The molecule has 5 atom stereocenters. The second-order valence-corrected chi connectivity index (χ2v) is 22.9. The van der Waals surface area contributed by atoms with Crippen LogP contribution in [0.5, 0.6) is 0 Å². The molecule has 5 heterocycles. The number of imide groups is 2. The van der Waals surface area contributed by atoms with Gasteiger partial charge in [-0.25, -0.2) is 0 Å². The lowest BCUT2D eigenvalue weighted by Gasteiger charge is -2.38. The summed E-state index contributed by atoms with van der Waals surface area (Å²) in [5, 5.41) is 7.94. The first-order chi connectivity index (χ1) is 35.5. The van der Waals surface area contributed by atoms with Gasteiger partial charge in [-0.15, -0.1) is 11.3 Å². The molecule has 4 aliphatic heterocycles. The van der Waals surface area contributed by atoms with Crippen LogP contribution in [0.3, 0.4) is 0 Å². The van der Waals surface area contributed by atoms with E-state index in [0.29, 0.717) is 42.6 Å². The predicted octanol–water partition coefficient (Wildman–Crippen LogP) is 5.40. The molecule has 1 aromatic heterocycles. The van der Waals surface area contributed by atoms with E-state index in [0.717, 1.165) is 46.8 Å². The van der Waals surface area contributed by atoms with Gasteiger partial charge in [-0.05, 0) is 78.8 Å². The lowest BCUT2D eigenvalue weighted by Crippen LogP contribution is -2.58. The molecule has 0 bridgehead atoms. The van der Waals surface area contributed by atoms with E-state index in [9.17, 15) is 61.5 Å². The van der Waals surface area contributed by atoms with Gasteiger partial charge in [0, 0.05) is 67.2 Å². The summed E-state index contributed by atoms with van der Waals surface area (Å²) in [5.74, 6) is 1.60. The molecule has 75 heavy (non-hydrogen) atoms. The van der Waals surface area contributed by atoms with Gasteiger partial charge < -0.3 is 35.0 Å².